The number of aryl methyl sites for hydroxylation is 1. The molecule has 0 saturated heterocycles. The van der Waals surface area contributed by atoms with Crippen molar-refractivity contribution in [2.24, 2.45) is 0 Å². The molecule has 0 atom stereocenters. The molecule has 0 spiro atoms. The van der Waals surface area contributed by atoms with Gasteiger partial charge in [0.2, 0.25) is 0 Å². The van der Waals surface area contributed by atoms with Gasteiger partial charge < -0.3 is 5.32 Å². The fourth-order valence-electron chi connectivity index (χ4n) is 2.74. The van der Waals surface area contributed by atoms with Crippen molar-refractivity contribution < 1.29 is 0 Å². The van der Waals surface area contributed by atoms with Crippen LogP contribution in [-0.2, 0) is 6.42 Å². The molecule has 1 aliphatic rings. The van der Waals surface area contributed by atoms with E-state index < -0.39 is 0 Å². The molecule has 0 aliphatic heterocycles. The average Bonchev–Trinajstić information content (AvgIpc) is 2.44. The van der Waals surface area contributed by atoms with Crippen LogP contribution in [0.5, 0.6) is 0 Å². The summed E-state index contributed by atoms with van der Waals surface area (Å²) in [5.74, 6) is 2.60. The van der Waals surface area contributed by atoms with Crippen molar-refractivity contribution in [2.45, 2.75) is 64.7 Å². The first kappa shape index (κ1) is 14.8. The quantitative estimate of drug-likeness (QED) is 0.854. The Labute approximate surface area is 124 Å². The van der Waals surface area contributed by atoms with E-state index in [1.165, 1.54) is 32.1 Å². The highest BCUT2D eigenvalue weighted by Gasteiger charge is 2.21. The summed E-state index contributed by atoms with van der Waals surface area (Å²) in [5, 5.41) is 3.36. The van der Waals surface area contributed by atoms with Crippen LogP contribution in [0.3, 0.4) is 0 Å². The maximum atomic E-state index is 4.83. The minimum atomic E-state index is 0.565. The second kappa shape index (κ2) is 7.22. The van der Waals surface area contributed by atoms with E-state index >= 15 is 0 Å². The molecular weight excluding hydrogens is 302 g/mol. The monoisotopic (exact) mass is 325 g/mol. The standard InChI is InChI=1S/C15H24BrN3/c1-3-8-12-13(16)15(17-4-2)19-14(18-12)11-9-6-5-7-10-11/h11H,3-10H2,1-2H3,(H,17,18,19). The molecular formula is C15H24BrN3. The maximum absolute atomic E-state index is 4.83. The third-order valence-corrected chi connectivity index (χ3v) is 4.57. The molecule has 1 aliphatic carbocycles. The van der Waals surface area contributed by atoms with Gasteiger partial charge in [-0.25, -0.2) is 9.97 Å². The van der Waals surface area contributed by atoms with Crippen LogP contribution < -0.4 is 5.32 Å². The van der Waals surface area contributed by atoms with Crippen molar-refractivity contribution in [2.75, 3.05) is 11.9 Å². The molecule has 3 nitrogen and oxygen atoms in total. The molecule has 2 rings (SSSR count). The first-order valence-electron chi connectivity index (χ1n) is 7.56. The van der Waals surface area contributed by atoms with Crippen LogP contribution in [0, 0.1) is 0 Å². The fourth-order valence-corrected chi connectivity index (χ4v) is 3.26. The topological polar surface area (TPSA) is 37.8 Å². The Bertz CT molecular complexity index is 387. The van der Waals surface area contributed by atoms with Crippen molar-refractivity contribution in [3.8, 4) is 0 Å². The maximum Gasteiger partial charge on any atom is 0.144 e. The molecule has 106 valence electrons. The third kappa shape index (κ3) is 3.68. The SMILES string of the molecule is CCCc1nc(C2CCCCC2)nc(NCC)c1Br. The van der Waals surface area contributed by atoms with Gasteiger partial charge in [0.05, 0.1) is 10.2 Å². The number of hydrogen-bond acceptors (Lipinski definition) is 3. The number of aromatic nitrogens is 2. The van der Waals surface area contributed by atoms with Crippen molar-refractivity contribution in [1.29, 1.82) is 0 Å². The zero-order valence-electron chi connectivity index (χ0n) is 12.0. The lowest BCUT2D eigenvalue weighted by Crippen LogP contribution is -2.13. The molecule has 1 fully saturated rings. The fraction of sp³-hybridized carbons (Fsp3) is 0.733. The van der Waals surface area contributed by atoms with E-state index in [9.17, 15) is 0 Å². The Morgan fingerprint density at radius 2 is 1.89 bits per heavy atom. The Balaban J connectivity index is 2.30. The van der Waals surface area contributed by atoms with Crippen LogP contribution in [0.25, 0.3) is 0 Å². The first-order valence-corrected chi connectivity index (χ1v) is 8.35. The second-order valence-corrected chi connectivity index (χ2v) is 6.10. The van der Waals surface area contributed by atoms with E-state index in [2.05, 4.69) is 35.1 Å². The Morgan fingerprint density at radius 1 is 1.16 bits per heavy atom. The van der Waals surface area contributed by atoms with Gasteiger partial charge in [-0.2, -0.15) is 0 Å². The smallest absolute Gasteiger partial charge is 0.144 e. The van der Waals surface area contributed by atoms with Crippen molar-refractivity contribution in [3.05, 3.63) is 16.0 Å². The van der Waals surface area contributed by atoms with Gasteiger partial charge in [0.15, 0.2) is 0 Å². The highest BCUT2D eigenvalue weighted by molar-refractivity contribution is 9.10. The van der Waals surface area contributed by atoms with E-state index in [1.807, 2.05) is 0 Å². The number of nitrogens with zero attached hydrogens (tertiary/aromatic N) is 2. The number of halogens is 1. The molecule has 0 radical (unpaired) electrons. The lowest BCUT2D eigenvalue weighted by Gasteiger charge is -2.22. The Kier molecular flexibility index (Phi) is 5.61. The predicted octanol–water partition coefficient (Wildman–Crippen LogP) is 4.67. The summed E-state index contributed by atoms with van der Waals surface area (Å²) in [6.45, 7) is 5.20. The minimum Gasteiger partial charge on any atom is -0.369 e. The molecule has 0 unspecified atom stereocenters. The molecule has 4 heteroatoms. The Morgan fingerprint density at radius 3 is 2.53 bits per heavy atom. The summed E-state index contributed by atoms with van der Waals surface area (Å²) in [7, 11) is 0. The normalized spacial score (nSPS) is 16.6. The van der Waals surface area contributed by atoms with Crippen LogP contribution in [-0.4, -0.2) is 16.5 Å². The van der Waals surface area contributed by atoms with E-state index in [1.54, 1.807) is 0 Å². The number of anilines is 1. The summed E-state index contributed by atoms with van der Waals surface area (Å²) in [6, 6.07) is 0. The zero-order valence-corrected chi connectivity index (χ0v) is 13.6. The molecule has 1 aromatic heterocycles. The molecule has 1 N–H and O–H groups in total. The largest absolute Gasteiger partial charge is 0.369 e. The van der Waals surface area contributed by atoms with Crippen molar-refractivity contribution in [1.82, 2.24) is 9.97 Å². The van der Waals surface area contributed by atoms with E-state index in [0.29, 0.717) is 5.92 Å². The molecule has 19 heavy (non-hydrogen) atoms. The number of nitrogens with one attached hydrogen (secondary N) is 1. The van der Waals surface area contributed by atoms with Gasteiger partial charge in [0.25, 0.3) is 0 Å². The third-order valence-electron chi connectivity index (χ3n) is 3.74. The van der Waals surface area contributed by atoms with E-state index in [-0.39, 0.29) is 0 Å². The highest BCUT2D eigenvalue weighted by atomic mass is 79.9. The summed E-state index contributed by atoms with van der Waals surface area (Å²) in [6.07, 6.45) is 8.65. The molecule has 0 bridgehead atoms. The van der Waals surface area contributed by atoms with E-state index in [4.69, 9.17) is 9.97 Å². The van der Waals surface area contributed by atoms with Crippen LogP contribution in [0.15, 0.2) is 4.47 Å². The highest BCUT2D eigenvalue weighted by Crippen LogP contribution is 2.33. The predicted molar refractivity (Wildman–Crippen MR) is 83.7 cm³/mol. The molecule has 0 aromatic carbocycles. The van der Waals surface area contributed by atoms with Gasteiger partial charge in [-0.3, -0.25) is 0 Å². The molecule has 1 heterocycles. The summed E-state index contributed by atoms with van der Waals surface area (Å²) >= 11 is 3.65. The lowest BCUT2D eigenvalue weighted by molar-refractivity contribution is 0.427. The van der Waals surface area contributed by atoms with E-state index in [0.717, 1.165) is 41.2 Å². The van der Waals surface area contributed by atoms with Gasteiger partial charge in [-0.05, 0) is 42.1 Å². The van der Waals surface area contributed by atoms with Gasteiger partial charge in [-0.1, -0.05) is 32.6 Å². The molecule has 1 aromatic rings. The minimum absolute atomic E-state index is 0.565. The molecule has 1 saturated carbocycles. The average molecular weight is 326 g/mol. The Hall–Kier alpha value is -0.640. The number of hydrogen-bond donors (Lipinski definition) is 1. The second-order valence-electron chi connectivity index (χ2n) is 5.31. The first-order chi connectivity index (χ1) is 9.26. The van der Waals surface area contributed by atoms with Gasteiger partial charge in [0.1, 0.15) is 11.6 Å². The van der Waals surface area contributed by atoms with Gasteiger partial charge >= 0.3 is 0 Å². The summed E-state index contributed by atoms with van der Waals surface area (Å²) in [5.41, 5.74) is 1.16. The van der Waals surface area contributed by atoms with Crippen LogP contribution >= 0.6 is 15.9 Å². The summed E-state index contributed by atoms with van der Waals surface area (Å²) in [4.78, 5) is 9.59. The van der Waals surface area contributed by atoms with Crippen molar-refractivity contribution in [3.63, 3.8) is 0 Å². The lowest BCUT2D eigenvalue weighted by atomic mass is 9.88. The van der Waals surface area contributed by atoms with Gasteiger partial charge in [0, 0.05) is 12.5 Å². The number of rotatable bonds is 5. The van der Waals surface area contributed by atoms with Crippen LogP contribution in [0.4, 0.5) is 5.82 Å². The summed E-state index contributed by atoms with van der Waals surface area (Å²) < 4.78 is 1.05. The van der Waals surface area contributed by atoms with Crippen molar-refractivity contribution >= 4 is 21.7 Å². The van der Waals surface area contributed by atoms with Crippen LogP contribution in [0.1, 0.15) is 69.8 Å². The molecule has 0 amide bonds. The van der Waals surface area contributed by atoms with Crippen LogP contribution in [0.2, 0.25) is 0 Å². The zero-order chi connectivity index (χ0) is 13.7. The van der Waals surface area contributed by atoms with Gasteiger partial charge in [-0.15, -0.1) is 0 Å².